The Labute approximate surface area is 292 Å². The predicted molar refractivity (Wildman–Crippen MR) is 202 cm³/mol. The number of fused-ring (bicyclic) bond motifs is 2. The van der Waals surface area contributed by atoms with Gasteiger partial charge in [0.2, 0.25) is 5.91 Å². The maximum atomic E-state index is 14.4. The Morgan fingerprint density at radius 2 is 1.51 bits per heavy atom. The van der Waals surface area contributed by atoms with Crippen LogP contribution in [-0.4, -0.2) is 43.6 Å². The molecule has 7 rings (SSSR count). The number of nitrogens with one attached hydrogen (secondary N) is 1. The molecule has 1 N–H and O–H groups in total. The average Bonchev–Trinajstić information content (AvgIpc) is 3.73. The number of benzene rings is 4. The van der Waals surface area contributed by atoms with Gasteiger partial charge in [-0.15, -0.1) is 0 Å². The summed E-state index contributed by atoms with van der Waals surface area (Å²) in [7, 11) is -2.68. The van der Waals surface area contributed by atoms with Crippen molar-refractivity contribution in [2.24, 2.45) is 5.41 Å². The molecular formula is C43H48N2O3Si. The van der Waals surface area contributed by atoms with E-state index < -0.39 is 13.7 Å². The number of hydrogen-bond donors (Lipinski definition) is 1. The fraction of sp³-hybridized carbons (Fsp3) is 0.326. The van der Waals surface area contributed by atoms with Crippen molar-refractivity contribution in [2.75, 3.05) is 13.2 Å². The minimum absolute atomic E-state index is 0.0550. The molecule has 2 aliphatic heterocycles. The summed E-state index contributed by atoms with van der Waals surface area (Å²) < 4.78 is 13.5. The first-order valence-corrected chi connectivity index (χ1v) is 19.7. The fourth-order valence-electron chi connectivity index (χ4n) is 8.28. The van der Waals surface area contributed by atoms with Gasteiger partial charge in [0.05, 0.1) is 18.1 Å². The highest BCUT2D eigenvalue weighted by molar-refractivity contribution is 6.99. The van der Waals surface area contributed by atoms with Crippen LogP contribution in [-0.2, 0) is 20.4 Å². The molecule has 2 aliphatic rings. The van der Waals surface area contributed by atoms with E-state index in [1.807, 2.05) is 23.1 Å². The summed E-state index contributed by atoms with van der Waals surface area (Å²) in [6.07, 6.45) is 7.29. The zero-order valence-electron chi connectivity index (χ0n) is 29.2. The van der Waals surface area contributed by atoms with E-state index in [0.29, 0.717) is 13.2 Å². The molecule has 5 aromatic rings. The SMILES string of the molecule is CC[C@]1(/C=C/c2[nH]c3ccccc3c2CCO[Si](c2ccccc2)(c2ccccc2)C(C)(C)C)CCC2OC[C@@H](c3ccccc3)N2C1=O. The number of aromatic nitrogens is 1. The van der Waals surface area contributed by atoms with E-state index in [1.54, 1.807) is 0 Å². The Hall–Kier alpha value is -4.23. The molecule has 0 radical (unpaired) electrons. The van der Waals surface area contributed by atoms with Crippen molar-refractivity contribution in [3.63, 3.8) is 0 Å². The van der Waals surface area contributed by atoms with Crippen LogP contribution >= 0.6 is 0 Å². The van der Waals surface area contributed by atoms with E-state index in [1.165, 1.54) is 21.3 Å². The normalized spacial score (nSPS) is 21.5. The van der Waals surface area contributed by atoms with E-state index in [0.717, 1.165) is 42.5 Å². The number of para-hydroxylation sites is 1. The lowest BCUT2D eigenvalue weighted by atomic mass is 9.75. The van der Waals surface area contributed by atoms with Gasteiger partial charge < -0.3 is 19.0 Å². The van der Waals surface area contributed by atoms with E-state index in [4.69, 9.17) is 9.16 Å². The van der Waals surface area contributed by atoms with E-state index in [-0.39, 0.29) is 23.2 Å². The Kier molecular flexibility index (Phi) is 9.22. The van der Waals surface area contributed by atoms with Crippen LogP contribution in [0.2, 0.25) is 5.04 Å². The average molecular weight is 669 g/mol. The second-order valence-electron chi connectivity index (χ2n) is 14.6. The number of hydrogen-bond acceptors (Lipinski definition) is 3. The van der Waals surface area contributed by atoms with Gasteiger partial charge in [0, 0.05) is 23.2 Å². The molecular weight excluding hydrogens is 621 g/mol. The monoisotopic (exact) mass is 668 g/mol. The Bertz CT molecular complexity index is 1880. The second-order valence-corrected chi connectivity index (χ2v) is 18.9. The molecule has 3 heterocycles. The Morgan fingerprint density at radius 1 is 0.898 bits per heavy atom. The van der Waals surface area contributed by atoms with Crippen LogP contribution < -0.4 is 10.4 Å². The molecule has 0 aliphatic carbocycles. The third kappa shape index (κ3) is 6.00. The quantitative estimate of drug-likeness (QED) is 0.152. The topological polar surface area (TPSA) is 54.6 Å². The van der Waals surface area contributed by atoms with Gasteiger partial charge in [-0.05, 0) is 64.4 Å². The van der Waals surface area contributed by atoms with E-state index in [2.05, 4.69) is 142 Å². The maximum absolute atomic E-state index is 14.4. The standard InChI is InChI=1S/C43H48N2O3Si/c1-5-43(29-26-40-45(41(43)46)39(31-47-40)32-17-9-6-10-18-32)28-25-38-36(35-23-15-16-24-37(35)44-38)27-30-48-49(42(2,3)4,33-19-11-7-12-20-33)34-21-13-8-14-22-34/h6-25,28,39-40,44H,5,26-27,29-31H2,1-4H3/b28-25+/t39-,40?,43-/m0/s1. The first-order valence-electron chi connectivity index (χ1n) is 17.8. The van der Waals surface area contributed by atoms with Crippen LogP contribution in [0, 0.1) is 5.41 Å². The molecule has 1 amide bonds. The number of nitrogens with zero attached hydrogens (tertiary/aromatic N) is 1. The molecule has 6 heteroatoms. The van der Waals surface area contributed by atoms with Crippen LogP contribution in [0.15, 0.2) is 121 Å². The van der Waals surface area contributed by atoms with Gasteiger partial charge in [0.25, 0.3) is 8.32 Å². The number of aromatic amines is 1. The van der Waals surface area contributed by atoms with Crippen molar-refractivity contribution in [1.82, 2.24) is 9.88 Å². The third-order valence-electron chi connectivity index (χ3n) is 10.9. The van der Waals surface area contributed by atoms with Crippen LogP contribution in [0.1, 0.15) is 69.8 Å². The first-order chi connectivity index (χ1) is 23.8. The highest BCUT2D eigenvalue weighted by atomic mass is 28.4. The Balaban J connectivity index is 1.20. The second kappa shape index (κ2) is 13.6. The number of piperidine rings is 1. The molecule has 49 heavy (non-hydrogen) atoms. The summed E-state index contributed by atoms with van der Waals surface area (Å²) in [6.45, 7) is 10.2. The van der Waals surface area contributed by atoms with Gasteiger partial charge in [-0.25, -0.2) is 0 Å². The van der Waals surface area contributed by atoms with Gasteiger partial charge in [-0.1, -0.05) is 143 Å². The molecule has 0 bridgehead atoms. The van der Waals surface area contributed by atoms with Gasteiger partial charge >= 0.3 is 0 Å². The lowest BCUT2D eigenvalue weighted by Gasteiger charge is -2.43. The molecule has 5 nitrogen and oxygen atoms in total. The highest BCUT2D eigenvalue weighted by Crippen LogP contribution is 2.46. The first kappa shape index (κ1) is 33.3. The predicted octanol–water partition coefficient (Wildman–Crippen LogP) is 8.42. The van der Waals surface area contributed by atoms with Crippen molar-refractivity contribution in [3.8, 4) is 0 Å². The van der Waals surface area contributed by atoms with Crippen LogP contribution in [0.3, 0.4) is 0 Å². The number of rotatable bonds is 10. The smallest absolute Gasteiger partial charge is 0.261 e. The largest absolute Gasteiger partial charge is 0.407 e. The van der Waals surface area contributed by atoms with Gasteiger partial charge in [0.1, 0.15) is 6.23 Å². The van der Waals surface area contributed by atoms with Gasteiger partial charge in [-0.3, -0.25) is 4.79 Å². The number of carbonyl (C=O) groups is 1. The maximum Gasteiger partial charge on any atom is 0.261 e. The minimum atomic E-state index is -2.68. The summed E-state index contributed by atoms with van der Waals surface area (Å²) >= 11 is 0. The summed E-state index contributed by atoms with van der Waals surface area (Å²) in [5.41, 5.74) is 3.92. The zero-order chi connectivity index (χ0) is 34.1. The van der Waals surface area contributed by atoms with Crippen LogP contribution in [0.25, 0.3) is 17.0 Å². The minimum Gasteiger partial charge on any atom is -0.407 e. The van der Waals surface area contributed by atoms with E-state index in [9.17, 15) is 4.79 Å². The molecule has 0 spiro atoms. The summed E-state index contributed by atoms with van der Waals surface area (Å²) in [5, 5.41) is 3.67. The highest BCUT2D eigenvalue weighted by Gasteiger charge is 2.51. The van der Waals surface area contributed by atoms with Crippen LogP contribution in [0.4, 0.5) is 0 Å². The molecule has 0 saturated carbocycles. The van der Waals surface area contributed by atoms with E-state index >= 15 is 0 Å². The lowest BCUT2D eigenvalue weighted by Crippen LogP contribution is -2.66. The number of H-pyrrole nitrogens is 1. The molecule has 3 atom stereocenters. The molecule has 252 valence electrons. The van der Waals surface area contributed by atoms with Gasteiger partial charge in [-0.2, -0.15) is 0 Å². The van der Waals surface area contributed by atoms with Crippen LogP contribution in [0.5, 0.6) is 0 Å². The van der Waals surface area contributed by atoms with Gasteiger partial charge in [0.15, 0.2) is 0 Å². The molecule has 2 saturated heterocycles. The summed E-state index contributed by atoms with van der Waals surface area (Å²) in [4.78, 5) is 20.2. The zero-order valence-corrected chi connectivity index (χ0v) is 30.2. The van der Waals surface area contributed by atoms with Crippen molar-refractivity contribution in [2.45, 2.75) is 70.7 Å². The van der Waals surface area contributed by atoms with Crippen molar-refractivity contribution in [1.29, 1.82) is 0 Å². The number of ether oxygens (including phenoxy) is 1. The van der Waals surface area contributed by atoms with Crippen molar-refractivity contribution < 1.29 is 14.0 Å². The Morgan fingerprint density at radius 3 is 2.14 bits per heavy atom. The molecule has 1 unspecified atom stereocenters. The fourth-order valence-corrected chi connectivity index (χ4v) is 12.8. The summed E-state index contributed by atoms with van der Waals surface area (Å²) in [5.74, 6) is 0.168. The van der Waals surface area contributed by atoms with Crippen molar-refractivity contribution >= 4 is 41.6 Å². The molecule has 1 aromatic heterocycles. The number of carbonyl (C=O) groups excluding carboxylic acids is 1. The summed E-state index contributed by atoms with van der Waals surface area (Å²) in [6, 6.07) is 40.4. The third-order valence-corrected chi connectivity index (χ3v) is 16.0. The number of amides is 1. The van der Waals surface area contributed by atoms with Crippen molar-refractivity contribution in [3.05, 3.63) is 138 Å². The lowest BCUT2D eigenvalue weighted by molar-refractivity contribution is -0.154. The molecule has 2 fully saturated rings. The molecule has 4 aromatic carbocycles.